The maximum absolute atomic E-state index is 4.25. The van der Waals surface area contributed by atoms with Crippen LogP contribution in [0.25, 0.3) is 21.8 Å². The second-order valence-corrected chi connectivity index (χ2v) is 7.02. The number of pyridine rings is 2. The summed E-state index contributed by atoms with van der Waals surface area (Å²) in [6.07, 6.45) is 7.44. The van der Waals surface area contributed by atoms with Gasteiger partial charge in [-0.1, -0.05) is 0 Å². The molecule has 124 valence electrons. The van der Waals surface area contributed by atoms with Crippen molar-refractivity contribution >= 4 is 53.7 Å². The minimum Gasteiger partial charge on any atom is -0.275 e. The van der Waals surface area contributed by atoms with E-state index >= 15 is 0 Å². The van der Waals surface area contributed by atoms with Gasteiger partial charge in [0.15, 0.2) is 0 Å². The first kappa shape index (κ1) is 17.0. The second kappa shape index (κ2) is 6.60. The molecule has 4 aromatic rings. The van der Waals surface area contributed by atoms with Crippen molar-refractivity contribution in [2.45, 2.75) is 13.8 Å². The summed E-state index contributed by atoms with van der Waals surface area (Å²) in [6, 6.07) is 0. The molecule has 0 amide bonds. The van der Waals surface area contributed by atoms with E-state index in [1.807, 2.05) is 51.2 Å². The summed E-state index contributed by atoms with van der Waals surface area (Å²) in [6.45, 7) is 4.06. The van der Waals surface area contributed by atoms with E-state index in [9.17, 15) is 0 Å². The summed E-state index contributed by atoms with van der Waals surface area (Å²) in [7, 11) is 3.82. The van der Waals surface area contributed by atoms with Crippen LogP contribution in [0.15, 0.2) is 34.0 Å². The second-order valence-electron chi connectivity index (χ2n) is 5.52. The van der Waals surface area contributed by atoms with Crippen LogP contribution >= 0.6 is 31.9 Å². The molecule has 0 aliphatic rings. The summed E-state index contributed by atoms with van der Waals surface area (Å²) in [4.78, 5) is 8.36. The van der Waals surface area contributed by atoms with E-state index in [1.165, 1.54) is 0 Å². The molecule has 0 spiro atoms. The Bertz CT molecular complexity index is 1020. The topological polar surface area (TPSA) is 61.4 Å². The molecule has 4 aromatic heterocycles. The van der Waals surface area contributed by atoms with Crippen LogP contribution in [-0.2, 0) is 14.1 Å². The lowest BCUT2D eigenvalue weighted by molar-refractivity contribution is 0.779. The minimum atomic E-state index is 0.892. The van der Waals surface area contributed by atoms with Crippen molar-refractivity contribution < 1.29 is 0 Å². The number of aromatic nitrogens is 6. The van der Waals surface area contributed by atoms with Gasteiger partial charge in [0.2, 0.25) is 0 Å². The Morgan fingerprint density at radius 3 is 2.21 bits per heavy atom. The van der Waals surface area contributed by atoms with E-state index in [0.717, 1.165) is 42.1 Å². The van der Waals surface area contributed by atoms with Crippen LogP contribution in [0.3, 0.4) is 0 Å². The monoisotopic (exact) mass is 450 g/mol. The molecule has 0 aliphatic heterocycles. The molecule has 0 radical (unpaired) electrons. The third-order valence-corrected chi connectivity index (χ3v) is 5.47. The summed E-state index contributed by atoms with van der Waals surface area (Å²) < 4.78 is 5.40. The Morgan fingerprint density at radius 1 is 0.875 bits per heavy atom. The zero-order chi connectivity index (χ0) is 17.4. The molecule has 0 N–H and O–H groups in total. The van der Waals surface area contributed by atoms with Crippen LogP contribution in [0.2, 0.25) is 0 Å². The first-order chi connectivity index (χ1) is 11.4. The number of nitrogens with zero attached hydrogens (tertiary/aromatic N) is 6. The van der Waals surface area contributed by atoms with Crippen molar-refractivity contribution in [2.75, 3.05) is 0 Å². The van der Waals surface area contributed by atoms with Gasteiger partial charge in [0, 0.05) is 31.1 Å². The molecule has 24 heavy (non-hydrogen) atoms. The maximum Gasteiger partial charge on any atom is 0.111 e. The van der Waals surface area contributed by atoms with E-state index < -0.39 is 0 Å². The number of rotatable bonds is 0. The number of halogens is 2. The number of fused-ring (bicyclic) bond motifs is 2. The molecule has 8 heteroatoms. The van der Waals surface area contributed by atoms with Crippen molar-refractivity contribution in [3.05, 3.63) is 45.1 Å². The highest BCUT2D eigenvalue weighted by atomic mass is 79.9. The standard InChI is InChI=1S/2C8H8BrN3/c1-5-6-4-12(2)11-7(6)3-10-8(5)9;1-5-6-3-11-12(2)7(6)4-10-8(5)9/h2*3-4H,1-2H3. The van der Waals surface area contributed by atoms with Gasteiger partial charge in [-0.3, -0.25) is 9.36 Å². The predicted molar refractivity (Wildman–Crippen MR) is 102 cm³/mol. The van der Waals surface area contributed by atoms with Gasteiger partial charge >= 0.3 is 0 Å². The van der Waals surface area contributed by atoms with Gasteiger partial charge < -0.3 is 0 Å². The highest BCUT2D eigenvalue weighted by molar-refractivity contribution is 9.10. The molecule has 4 heterocycles. The van der Waals surface area contributed by atoms with Crippen molar-refractivity contribution in [3.63, 3.8) is 0 Å². The third-order valence-electron chi connectivity index (χ3n) is 3.87. The average Bonchev–Trinajstić information content (AvgIpc) is 3.11. The molecule has 0 unspecified atom stereocenters. The zero-order valence-electron chi connectivity index (χ0n) is 13.7. The fourth-order valence-corrected chi connectivity index (χ4v) is 3.06. The lowest BCUT2D eigenvalue weighted by atomic mass is 10.2. The lowest BCUT2D eigenvalue weighted by Gasteiger charge is -1.98. The largest absolute Gasteiger partial charge is 0.275 e. The van der Waals surface area contributed by atoms with Crippen molar-refractivity contribution in [1.29, 1.82) is 0 Å². The number of hydrogen-bond acceptors (Lipinski definition) is 4. The molecule has 0 fully saturated rings. The molecule has 0 atom stereocenters. The van der Waals surface area contributed by atoms with E-state index in [4.69, 9.17) is 0 Å². The SMILES string of the molecule is Cc1c(Br)ncc2c1cnn2C.Cc1c(Br)ncc2nn(C)cc12. The quantitative estimate of drug-likeness (QED) is 0.378. The zero-order valence-corrected chi connectivity index (χ0v) is 16.9. The summed E-state index contributed by atoms with van der Waals surface area (Å²) >= 11 is 6.75. The van der Waals surface area contributed by atoms with Crippen molar-refractivity contribution in [3.8, 4) is 0 Å². The Morgan fingerprint density at radius 2 is 1.50 bits per heavy atom. The van der Waals surface area contributed by atoms with Crippen LogP contribution in [0.5, 0.6) is 0 Å². The fraction of sp³-hybridized carbons (Fsp3) is 0.250. The van der Waals surface area contributed by atoms with Gasteiger partial charge in [0.1, 0.15) is 14.7 Å². The molecule has 0 saturated heterocycles. The molecule has 0 aromatic carbocycles. The van der Waals surface area contributed by atoms with E-state index in [0.29, 0.717) is 0 Å². The molecule has 4 rings (SSSR count). The molecule has 0 saturated carbocycles. The van der Waals surface area contributed by atoms with Crippen LogP contribution in [0.4, 0.5) is 0 Å². The van der Waals surface area contributed by atoms with Crippen LogP contribution in [-0.4, -0.2) is 29.5 Å². The summed E-state index contributed by atoms with van der Waals surface area (Å²) in [5.41, 5.74) is 4.29. The highest BCUT2D eigenvalue weighted by Gasteiger charge is 2.06. The van der Waals surface area contributed by atoms with Crippen molar-refractivity contribution in [2.24, 2.45) is 14.1 Å². The van der Waals surface area contributed by atoms with Crippen molar-refractivity contribution in [1.82, 2.24) is 29.5 Å². The molecule has 0 aliphatic carbocycles. The first-order valence-electron chi connectivity index (χ1n) is 7.25. The van der Waals surface area contributed by atoms with Gasteiger partial charge in [-0.05, 0) is 56.8 Å². The van der Waals surface area contributed by atoms with Gasteiger partial charge in [0.25, 0.3) is 0 Å². The Kier molecular flexibility index (Phi) is 4.69. The van der Waals surface area contributed by atoms with Gasteiger partial charge in [-0.2, -0.15) is 10.2 Å². The Labute approximate surface area is 156 Å². The molecular formula is C16H16Br2N6. The summed E-state index contributed by atoms with van der Waals surface area (Å²) in [5, 5.41) is 10.7. The Hall–Kier alpha value is -1.80. The predicted octanol–water partition coefficient (Wildman–Crippen LogP) is 4.08. The fourth-order valence-electron chi connectivity index (χ4n) is 2.43. The van der Waals surface area contributed by atoms with E-state index in [2.05, 4.69) is 52.0 Å². The molecular weight excluding hydrogens is 436 g/mol. The van der Waals surface area contributed by atoms with E-state index in [-0.39, 0.29) is 0 Å². The van der Waals surface area contributed by atoms with E-state index in [1.54, 1.807) is 10.9 Å². The third kappa shape index (κ3) is 3.08. The smallest absolute Gasteiger partial charge is 0.111 e. The van der Waals surface area contributed by atoms with Crippen LogP contribution < -0.4 is 0 Å². The van der Waals surface area contributed by atoms with Gasteiger partial charge in [-0.25, -0.2) is 9.97 Å². The summed E-state index contributed by atoms with van der Waals surface area (Å²) in [5.74, 6) is 0. The van der Waals surface area contributed by atoms with Gasteiger partial charge in [-0.15, -0.1) is 0 Å². The number of hydrogen-bond donors (Lipinski definition) is 0. The normalized spacial score (nSPS) is 10.9. The van der Waals surface area contributed by atoms with Gasteiger partial charge in [0.05, 0.1) is 24.1 Å². The minimum absolute atomic E-state index is 0.892. The highest BCUT2D eigenvalue weighted by Crippen LogP contribution is 2.22. The molecule has 0 bridgehead atoms. The number of aryl methyl sites for hydroxylation is 4. The molecule has 6 nitrogen and oxygen atoms in total. The lowest BCUT2D eigenvalue weighted by Crippen LogP contribution is -1.90. The van der Waals surface area contributed by atoms with Crippen LogP contribution in [0, 0.1) is 13.8 Å². The average molecular weight is 452 g/mol. The maximum atomic E-state index is 4.25. The Balaban J connectivity index is 0.000000141. The first-order valence-corrected chi connectivity index (χ1v) is 8.84. The van der Waals surface area contributed by atoms with Crippen LogP contribution in [0.1, 0.15) is 11.1 Å².